The van der Waals surface area contributed by atoms with Crippen molar-refractivity contribution in [2.24, 2.45) is 0 Å². The molecule has 0 aliphatic heterocycles. The number of nitrogens with zero attached hydrogens (tertiary/aromatic N) is 3. The molecule has 0 aliphatic rings. The predicted molar refractivity (Wildman–Crippen MR) is 101 cm³/mol. The molecule has 0 N–H and O–H groups in total. The fraction of sp³-hybridized carbons (Fsp3) is 0.316. The summed E-state index contributed by atoms with van der Waals surface area (Å²) in [7, 11) is 5.23. The summed E-state index contributed by atoms with van der Waals surface area (Å²) in [5.74, 6) is 0.450. The smallest absolute Gasteiger partial charge is 0.270 e. The van der Waals surface area contributed by atoms with Gasteiger partial charge >= 0.3 is 0 Å². The molecule has 0 atom stereocenters. The highest BCUT2D eigenvalue weighted by atomic mass is 16.6. The van der Waals surface area contributed by atoms with Crippen LogP contribution in [0.15, 0.2) is 42.5 Å². The van der Waals surface area contributed by atoms with Crippen molar-refractivity contribution in [1.29, 1.82) is 0 Å². The van der Waals surface area contributed by atoms with Crippen molar-refractivity contribution in [1.82, 2.24) is 4.90 Å². The average Bonchev–Trinajstić information content (AvgIpc) is 2.61. The van der Waals surface area contributed by atoms with Crippen LogP contribution in [-0.4, -0.2) is 50.0 Å². The Morgan fingerprint density at radius 1 is 1.12 bits per heavy atom. The van der Waals surface area contributed by atoms with Gasteiger partial charge in [0.15, 0.2) is 0 Å². The maximum atomic E-state index is 12.8. The van der Waals surface area contributed by atoms with Crippen molar-refractivity contribution < 1.29 is 14.5 Å². The van der Waals surface area contributed by atoms with Crippen LogP contribution in [0.5, 0.6) is 5.75 Å². The molecule has 0 aromatic heterocycles. The van der Waals surface area contributed by atoms with E-state index in [1.54, 1.807) is 32.1 Å². The summed E-state index contributed by atoms with van der Waals surface area (Å²) in [5, 5.41) is 11.0. The predicted octanol–water partition coefficient (Wildman–Crippen LogP) is 3.12. The van der Waals surface area contributed by atoms with Gasteiger partial charge in [-0.3, -0.25) is 14.9 Å². The van der Waals surface area contributed by atoms with Crippen molar-refractivity contribution in [3.63, 3.8) is 0 Å². The lowest BCUT2D eigenvalue weighted by Gasteiger charge is -2.22. The molecule has 7 nitrogen and oxygen atoms in total. The molecule has 0 heterocycles. The van der Waals surface area contributed by atoms with E-state index in [9.17, 15) is 14.9 Å². The fourth-order valence-corrected chi connectivity index (χ4v) is 2.44. The molecule has 1 amide bonds. The zero-order chi connectivity index (χ0) is 19.3. The van der Waals surface area contributed by atoms with E-state index >= 15 is 0 Å². The van der Waals surface area contributed by atoms with Gasteiger partial charge in [-0.05, 0) is 25.1 Å². The van der Waals surface area contributed by atoms with E-state index < -0.39 is 4.92 Å². The molecule has 0 saturated carbocycles. The number of aryl methyl sites for hydroxylation is 1. The fourth-order valence-electron chi connectivity index (χ4n) is 2.44. The lowest BCUT2D eigenvalue weighted by atomic mass is 10.1. The van der Waals surface area contributed by atoms with Crippen LogP contribution in [0.1, 0.15) is 15.9 Å². The van der Waals surface area contributed by atoms with Crippen molar-refractivity contribution >= 4 is 17.3 Å². The Balaban J connectivity index is 2.07. The maximum Gasteiger partial charge on any atom is 0.270 e. The standard InChI is InChI=1S/C19H23N3O4/c1-14-5-8-16(9-6-14)26-12-11-21(4)19(23)17-13-15(22(24)25)7-10-18(17)20(2)3/h5-10,13H,11-12H2,1-4H3. The Kier molecular flexibility index (Phi) is 6.16. The third-order valence-corrected chi connectivity index (χ3v) is 3.97. The van der Waals surface area contributed by atoms with Crippen molar-refractivity contribution in [3.05, 3.63) is 63.7 Å². The third kappa shape index (κ3) is 4.72. The summed E-state index contributed by atoms with van der Waals surface area (Å²) < 4.78 is 5.64. The molecule has 7 heteroatoms. The Morgan fingerprint density at radius 2 is 1.77 bits per heavy atom. The van der Waals surface area contributed by atoms with E-state index in [0.717, 1.165) is 11.3 Å². The van der Waals surface area contributed by atoms with Crippen molar-refractivity contribution in [3.8, 4) is 5.75 Å². The number of anilines is 1. The highest BCUT2D eigenvalue weighted by molar-refractivity contribution is 6.00. The zero-order valence-electron chi connectivity index (χ0n) is 15.4. The first-order valence-corrected chi connectivity index (χ1v) is 8.20. The van der Waals surface area contributed by atoms with Gasteiger partial charge in [-0.2, -0.15) is 0 Å². The lowest BCUT2D eigenvalue weighted by molar-refractivity contribution is -0.384. The monoisotopic (exact) mass is 357 g/mol. The number of hydrogen-bond donors (Lipinski definition) is 0. The second-order valence-electron chi connectivity index (χ2n) is 6.24. The largest absolute Gasteiger partial charge is 0.492 e. The van der Waals surface area contributed by atoms with Gasteiger partial charge in [-0.25, -0.2) is 0 Å². The number of ether oxygens (including phenoxy) is 1. The van der Waals surface area contributed by atoms with Crippen LogP contribution in [0.25, 0.3) is 0 Å². The minimum Gasteiger partial charge on any atom is -0.492 e. The van der Waals surface area contributed by atoms with E-state index in [-0.39, 0.29) is 11.6 Å². The minimum atomic E-state index is -0.503. The molecule has 0 spiro atoms. The SMILES string of the molecule is Cc1ccc(OCCN(C)C(=O)c2cc([N+](=O)[O-])ccc2N(C)C)cc1. The van der Waals surface area contributed by atoms with Crippen LogP contribution < -0.4 is 9.64 Å². The molecule has 0 unspecified atom stereocenters. The molecule has 0 bridgehead atoms. The highest BCUT2D eigenvalue weighted by Crippen LogP contribution is 2.25. The summed E-state index contributed by atoms with van der Waals surface area (Å²) >= 11 is 0. The number of carbonyl (C=O) groups is 1. The number of carbonyl (C=O) groups excluding carboxylic acids is 1. The number of rotatable bonds is 7. The first-order valence-electron chi connectivity index (χ1n) is 8.20. The zero-order valence-corrected chi connectivity index (χ0v) is 15.4. The molecule has 0 radical (unpaired) electrons. The average molecular weight is 357 g/mol. The second-order valence-corrected chi connectivity index (χ2v) is 6.24. The summed E-state index contributed by atoms with van der Waals surface area (Å²) in [6.45, 7) is 2.69. The minimum absolute atomic E-state index is 0.108. The molecule has 2 rings (SSSR count). The van der Waals surface area contributed by atoms with Gasteiger partial charge in [0, 0.05) is 39.0 Å². The van der Waals surface area contributed by atoms with Gasteiger partial charge in [0.25, 0.3) is 11.6 Å². The molecular weight excluding hydrogens is 334 g/mol. The van der Waals surface area contributed by atoms with Gasteiger partial charge in [-0.15, -0.1) is 0 Å². The van der Waals surface area contributed by atoms with Gasteiger partial charge in [0.05, 0.1) is 17.0 Å². The molecule has 0 aliphatic carbocycles. The Bertz CT molecular complexity index is 788. The van der Waals surface area contributed by atoms with Crippen LogP contribution >= 0.6 is 0 Å². The summed E-state index contributed by atoms with van der Waals surface area (Å²) in [6, 6.07) is 12.0. The molecular formula is C19H23N3O4. The third-order valence-electron chi connectivity index (χ3n) is 3.97. The number of hydrogen-bond acceptors (Lipinski definition) is 5. The number of non-ortho nitro benzene ring substituents is 1. The Hall–Kier alpha value is -3.09. The van der Waals surface area contributed by atoms with Crippen LogP contribution in [-0.2, 0) is 0 Å². The van der Waals surface area contributed by atoms with E-state index in [2.05, 4.69) is 0 Å². The molecule has 138 valence electrons. The van der Waals surface area contributed by atoms with Crippen LogP contribution in [0.2, 0.25) is 0 Å². The van der Waals surface area contributed by atoms with E-state index in [1.165, 1.54) is 17.0 Å². The van der Waals surface area contributed by atoms with Gasteiger partial charge in [0.1, 0.15) is 12.4 Å². The normalized spacial score (nSPS) is 10.3. The van der Waals surface area contributed by atoms with E-state index in [0.29, 0.717) is 24.4 Å². The first-order chi connectivity index (χ1) is 12.3. The second kappa shape index (κ2) is 8.33. The number of nitro benzene ring substituents is 1. The molecule has 0 fully saturated rings. The van der Waals surface area contributed by atoms with Crippen LogP contribution in [0.4, 0.5) is 11.4 Å². The Morgan fingerprint density at radius 3 is 2.35 bits per heavy atom. The highest BCUT2D eigenvalue weighted by Gasteiger charge is 2.20. The van der Waals surface area contributed by atoms with Crippen LogP contribution in [0, 0.1) is 17.0 Å². The van der Waals surface area contributed by atoms with Gasteiger partial charge in [0.2, 0.25) is 0 Å². The van der Waals surface area contributed by atoms with Crippen LogP contribution in [0.3, 0.4) is 0 Å². The number of likely N-dealkylation sites (N-methyl/N-ethyl adjacent to an activating group) is 1. The number of amides is 1. The van der Waals surface area contributed by atoms with E-state index in [4.69, 9.17) is 4.74 Å². The Labute approximate surface area is 152 Å². The van der Waals surface area contributed by atoms with Gasteiger partial charge in [-0.1, -0.05) is 17.7 Å². The molecule has 2 aromatic rings. The summed E-state index contributed by atoms with van der Waals surface area (Å²) in [6.07, 6.45) is 0. The topological polar surface area (TPSA) is 75.9 Å². The summed E-state index contributed by atoms with van der Waals surface area (Å²) in [5.41, 5.74) is 1.96. The number of benzene rings is 2. The molecule has 2 aromatic carbocycles. The summed E-state index contributed by atoms with van der Waals surface area (Å²) in [4.78, 5) is 26.5. The molecule has 0 saturated heterocycles. The lowest BCUT2D eigenvalue weighted by Crippen LogP contribution is -2.32. The molecule has 26 heavy (non-hydrogen) atoms. The van der Waals surface area contributed by atoms with Crippen molar-refractivity contribution in [2.75, 3.05) is 39.2 Å². The quantitative estimate of drug-likeness (QED) is 0.562. The van der Waals surface area contributed by atoms with E-state index in [1.807, 2.05) is 31.2 Å². The first kappa shape index (κ1) is 19.2. The van der Waals surface area contributed by atoms with Crippen molar-refractivity contribution in [2.45, 2.75) is 6.92 Å². The van der Waals surface area contributed by atoms with Gasteiger partial charge < -0.3 is 14.5 Å². The number of nitro groups is 1. The maximum absolute atomic E-state index is 12.8.